The Kier molecular flexibility index (Phi) is 6.62. The fraction of sp³-hybridized carbons (Fsp3) is 0.562. The van der Waals surface area contributed by atoms with Crippen LogP contribution < -0.4 is 21.1 Å². The summed E-state index contributed by atoms with van der Waals surface area (Å²) < 4.78 is 24.2. The van der Waals surface area contributed by atoms with Crippen LogP contribution in [0.15, 0.2) is 18.2 Å². The van der Waals surface area contributed by atoms with Gasteiger partial charge in [-0.3, -0.25) is 0 Å². The highest BCUT2D eigenvalue weighted by Crippen LogP contribution is 2.22. The van der Waals surface area contributed by atoms with Crippen LogP contribution in [0.1, 0.15) is 27.7 Å². The normalized spacial score (nSPS) is 13.9. The largest absolute Gasteiger partial charge is 0.497 e. The van der Waals surface area contributed by atoms with E-state index < -0.39 is 17.5 Å². The van der Waals surface area contributed by atoms with Gasteiger partial charge in [0.2, 0.25) is 0 Å². The van der Waals surface area contributed by atoms with E-state index in [0.29, 0.717) is 5.75 Å². The maximum atomic E-state index is 13.9. The van der Waals surface area contributed by atoms with Gasteiger partial charge in [0.05, 0.1) is 24.9 Å². The first-order chi connectivity index (χ1) is 10.7. The summed E-state index contributed by atoms with van der Waals surface area (Å²) in [5.74, 6) is 0.103. The van der Waals surface area contributed by atoms with E-state index in [4.69, 9.17) is 15.2 Å². The molecule has 0 bridgehead atoms. The van der Waals surface area contributed by atoms with Crippen LogP contribution in [0.25, 0.3) is 0 Å². The van der Waals surface area contributed by atoms with E-state index in [-0.39, 0.29) is 24.3 Å². The van der Waals surface area contributed by atoms with E-state index in [9.17, 15) is 9.18 Å². The molecule has 0 aromatic heterocycles. The van der Waals surface area contributed by atoms with Gasteiger partial charge in [-0.25, -0.2) is 9.18 Å². The van der Waals surface area contributed by atoms with Crippen molar-refractivity contribution in [1.82, 2.24) is 5.32 Å². The molecular formula is C16H26FN3O3. The van der Waals surface area contributed by atoms with E-state index in [2.05, 4.69) is 10.6 Å². The van der Waals surface area contributed by atoms with Crippen molar-refractivity contribution in [3.63, 3.8) is 0 Å². The first kappa shape index (κ1) is 19.0. The molecule has 23 heavy (non-hydrogen) atoms. The molecule has 0 heterocycles. The van der Waals surface area contributed by atoms with Crippen LogP contribution in [0.3, 0.4) is 0 Å². The molecule has 0 saturated carbocycles. The standard InChI is InChI=1S/C16H26FN3O3/c1-10(19-15(21)23-16(2,3)4)14(9-18)20-13-8-11(22-5)6-7-12(13)17/h6-8,10,14,20H,9,18H2,1-5H3,(H,19,21). The van der Waals surface area contributed by atoms with Gasteiger partial charge in [-0.2, -0.15) is 0 Å². The molecule has 2 unspecified atom stereocenters. The molecular weight excluding hydrogens is 301 g/mol. The van der Waals surface area contributed by atoms with Gasteiger partial charge in [-0.1, -0.05) is 0 Å². The van der Waals surface area contributed by atoms with Crippen molar-refractivity contribution >= 4 is 11.8 Å². The Bertz CT molecular complexity index is 532. The van der Waals surface area contributed by atoms with Gasteiger partial charge in [0.25, 0.3) is 0 Å². The number of halogens is 1. The number of anilines is 1. The minimum absolute atomic E-state index is 0.202. The molecule has 1 aromatic carbocycles. The van der Waals surface area contributed by atoms with Gasteiger partial charge in [0.15, 0.2) is 0 Å². The average Bonchev–Trinajstić information content (AvgIpc) is 2.44. The van der Waals surface area contributed by atoms with Crippen LogP contribution >= 0.6 is 0 Å². The number of rotatable bonds is 6. The number of nitrogens with two attached hydrogens (primary N) is 1. The molecule has 0 spiro atoms. The molecule has 0 aliphatic heterocycles. The Labute approximate surface area is 136 Å². The lowest BCUT2D eigenvalue weighted by Gasteiger charge is -2.27. The number of carbonyl (C=O) groups excluding carboxylic acids is 1. The average molecular weight is 327 g/mol. The second-order valence-electron chi connectivity index (χ2n) is 6.27. The number of methoxy groups -OCH3 is 1. The van der Waals surface area contributed by atoms with Gasteiger partial charge in [-0.15, -0.1) is 0 Å². The first-order valence-electron chi connectivity index (χ1n) is 7.46. The van der Waals surface area contributed by atoms with Crippen LogP contribution in [-0.2, 0) is 4.74 Å². The minimum Gasteiger partial charge on any atom is -0.497 e. The molecule has 1 rings (SSSR count). The lowest BCUT2D eigenvalue weighted by molar-refractivity contribution is 0.0504. The van der Waals surface area contributed by atoms with Gasteiger partial charge < -0.3 is 25.8 Å². The van der Waals surface area contributed by atoms with Crippen LogP contribution in [0.2, 0.25) is 0 Å². The van der Waals surface area contributed by atoms with Crippen molar-refractivity contribution in [2.24, 2.45) is 5.73 Å². The number of nitrogens with one attached hydrogen (secondary N) is 2. The highest BCUT2D eigenvalue weighted by molar-refractivity contribution is 5.68. The van der Waals surface area contributed by atoms with Crippen LogP contribution in [-0.4, -0.2) is 37.4 Å². The van der Waals surface area contributed by atoms with Gasteiger partial charge in [0.1, 0.15) is 17.2 Å². The van der Waals surface area contributed by atoms with Crippen molar-refractivity contribution in [1.29, 1.82) is 0 Å². The Morgan fingerprint density at radius 1 is 1.39 bits per heavy atom. The zero-order chi connectivity index (χ0) is 17.6. The molecule has 0 fully saturated rings. The molecule has 0 saturated heterocycles. The summed E-state index contributed by atoms with van der Waals surface area (Å²) in [6.45, 7) is 7.31. The number of carbonyl (C=O) groups is 1. The molecule has 0 aliphatic carbocycles. The zero-order valence-corrected chi connectivity index (χ0v) is 14.3. The fourth-order valence-corrected chi connectivity index (χ4v) is 1.92. The SMILES string of the molecule is COc1ccc(F)c(NC(CN)C(C)NC(=O)OC(C)(C)C)c1. The zero-order valence-electron chi connectivity index (χ0n) is 14.3. The maximum absolute atomic E-state index is 13.9. The van der Waals surface area contributed by atoms with E-state index in [1.807, 2.05) is 0 Å². The van der Waals surface area contributed by atoms with E-state index in [1.165, 1.54) is 25.3 Å². The predicted octanol–water partition coefficient (Wildman–Crippen LogP) is 2.49. The fourth-order valence-electron chi connectivity index (χ4n) is 1.92. The van der Waals surface area contributed by atoms with E-state index in [0.717, 1.165) is 0 Å². The van der Waals surface area contributed by atoms with Crippen LogP contribution in [0, 0.1) is 5.82 Å². The lowest BCUT2D eigenvalue weighted by atomic mass is 10.1. The summed E-state index contributed by atoms with van der Waals surface area (Å²) in [7, 11) is 1.50. The third-order valence-corrected chi connectivity index (χ3v) is 3.12. The number of alkyl carbamates (subject to hydrolysis) is 1. The Morgan fingerprint density at radius 2 is 2.04 bits per heavy atom. The quantitative estimate of drug-likeness (QED) is 0.747. The Hall–Kier alpha value is -2.02. The summed E-state index contributed by atoms with van der Waals surface area (Å²) >= 11 is 0. The highest BCUT2D eigenvalue weighted by Gasteiger charge is 2.22. The number of hydrogen-bond acceptors (Lipinski definition) is 5. The van der Waals surface area contributed by atoms with E-state index >= 15 is 0 Å². The molecule has 130 valence electrons. The highest BCUT2D eigenvalue weighted by atomic mass is 19.1. The van der Waals surface area contributed by atoms with Crippen molar-refractivity contribution in [3.8, 4) is 5.75 Å². The molecule has 0 aliphatic rings. The molecule has 1 amide bonds. The molecule has 2 atom stereocenters. The molecule has 4 N–H and O–H groups in total. The van der Waals surface area contributed by atoms with Crippen molar-refractivity contribution in [2.75, 3.05) is 19.0 Å². The van der Waals surface area contributed by atoms with Gasteiger partial charge in [-0.05, 0) is 39.8 Å². The molecule has 1 aromatic rings. The maximum Gasteiger partial charge on any atom is 0.407 e. The van der Waals surface area contributed by atoms with Gasteiger partial charge >= 0.3 is 6.09 Å². The monoisotopic (exact) mass is 327 g/mol. The van der Waals surface area contributed by atoms with Gasteiger partial charge in [0, 0.05) is 12.6 Å². The first-order valence-corrected chi connectivity index (χ1v) is 7.46. The molecule has 6 nitrogen and oxygen atoms in total. The summed E-state index contributed by atoms with van der Waals surface area (Å²) in [5, 5.41) is 5.69. The third kappa shape index (κ3) is 6.32. The number of amides is 1. The number of hydrogen-bond donors (Lipinski definition) is 3. The van der Waals surface area contributed by atoms with Crippen molar-refractivity contribution in [2.45, 2.75) is 45.4 Å². The van der Waals surface area contributed by atoms with Crippen molar-refractivity contribution < 1.29 is 18.7 Å². The second-order valence-corrected chi connectivity index (χ2v) is 6.27. The topological polar surface area (TPSA) is 85.6 Å². The van der Waals surface area contributed by atoms with Crippen LogP contribution in [0.5, 0.6) is 5.75 Å². The summed E-state index contributed by atoms with van der Waals surface area (Å²) in [6.07, 6.45) is -0.545. The smallest absolute Gasteiger partial charge is 0.407 e. The summed E-state index contributed by atoms with van der Waals surface area (Å²) in [6, 6.07) is 3.64. The summed E-state index contributed by atoms with van der Waals surface area (Å²) in [4.78, 5) is 11.8. The van der Waals surface area contributed by atoms with E-state index in [1.54, 1.807) is 27.7 Å². The number of ether oxygens (including phenoxy) is 2. The molecule has 7 heteroatoms. The van der Waals surface area contributed by atoms with Crippen molar-refractivity contribution in [3.05, 3.63) is 24.0 Å². The number of benzene rings is 1. The minimum atomic E-state index is -0.589. The Balaban J connectivity index is 2.74. The predicted molar refractivity (Wildman–Crippen MR) is 88.2 cm³/mol. The molecule has 0 radical (unpaired) electrons. The third-order valence-electron chi connectivity index (χ3n) is 3.12. The Morgan fingerprint density at radius 3 is 2.57 bits per heavy atom. The van der Waals surface area contributed by atoms with Crippen LogP contribution in [0.4, 0.5) is 14.9 Å². The second kappa shape index (κ2) is 8.01. The summed E-state index contributed by atoms with van der Waals surface area (Å²) in [5.41, 5.74) is 5.41. The lowest BCUT2D eigenvalue weighted by Crippen LogP contribution is -2.49.